The van der Waals surface area contributed by atoms with E-state index >= 15 is 0 Å². The summed E-state index contributed by atoms with van der Waals surface area (Å²) in [4.78, 5) is 0. The Bertz CT molecular complexity index is 454. The summed E-state index contributed by atoms with van der Waals surface area (Å²) in [5, 5.41) is 8.89. The first-order valence-corrected chi connectivity index (χ1v) is 6.41. The Morgan fingerprint density at radius 3 is 2.50 bits per heavy atom. The first-order valence-electron chi connectivity index (χ1n) is 6.41. The largest absolute Gasteiger partial charge is 0.490 e. The minimum atomic E-state index is 0.205. The number of nitriles is 1. The summed E-state index contributed by atoms with van der Waals surface area (Å²) in [6, 6.07) is 7.79. The standard InChI is InChI=1S/C15H19NO2/c1-10-6-14(5-4-13(10)9-16)18-15-7-11(2)17-12(3)8-15/h4-6,11-12,15H,7-8H2,1-3H3. The first-order chi connectivity index (χ1) is 8.58. The maximum atomic E-state index is 8.89. The summed E-state index contributed by atoms with van der Waals surface area (Å²) in [5.41, 5.74) is 1.67. The second-order valence-corrected chi connectivity index (χ2v) is 5.06. The number of rotatable bonds is 2. The maximum absolute atomic E-state index is 8.89. The lowest BCUT2D eigenvalue weighted by atomic mass is 10.0. The zero-order valence-electron chi connectivity index (χ0n) is 11.1. The fourth-order valence-corrected chi connectivity index (χ4v) is 2.47. The van der Waals surface area contributed by atoms with Gasteiger partial charge in [0, 0.05) is 12.8 Å². The van der Waals surface area contributed by atoms with Crippen molar-refractivity contribution in [3.63, 3.8) is 0 Å². The van der Waals surface area contributed by atoms with Crippen molar-refractivity contribution in [3.05, 3.63) is 29.3 Å². The molecule has 2 atom stereocenters. The van der Waals surface area contributed by atoms with Crippen molar-refractivity contribution in [1.29, 1.82) is 5.26 Å². The van der Waals surface area contributed by atoms with E-state index in [4.69, 9.17) is 14.7 Å². The van der Waals surface area contributed by atoms with Crippen LogP contribution in [0.4, 0.5) is 0 Å². The van der Waals surface area contributed by atoms with Crippen LogP contribution in [-0.4, -0.2) is 18.3 Å². The van der Waals surface area contributed by atoms with Crippen LogP contribution in [0.25, 0.3) is 0 Å². The summed E-state index contributed by atoms with van der Waals surface area (Å²) in [5.74, 6) is 0.845. The number of nitrogens with zero attached hydrogens (tertiary/aromatic N) is 1. The first kappa shape index (κ1) is 12.9. The Kier molecular flexibility index (Phi) is 3.88. The number of ether oxygens (including phenoxy) is 2. The van der Waals surface area contributed by atoms with E-state index < -0.39 is 0 Å². The van der Waals surface area contributed by atoms with Gasteiger partial charge in [0.05, 0.1) is 23.8 Å². The van der Waals surface area contributed by atoms with Gasteiger partial charge < -0.3 is 9.47 Å². The summed E-state index contributed by atoms with van der Waals surface area (Å²) in [7, 11) is 0. The molecule has 0 aromatic heterocycles. The Balaban J connectivity index is 2.05. The molecule has 96 valence electrons. The third kappa shape index (κ3) is 3.02. The van der Waals surface area contributed by atoms with Gasteiger partial charge in [-0.15, -0.1) is 0 Å². The van der Waals surface area contributed by atoms with Crippen LogP contribution in [0.3, 0.4) is 0 Å². The van der Waals surface area contributed by atoms with Gasteiger partial charge in [-0.25, -0.2) is 0 Å². The van der Waals surface area contributed by atoms with E-state index in [-0.39, 0.29) is 18.3 Å². The fourth-order valence-electron chi connectivity index (χ4n) is 2.47. The molecule has 3 nitrogen and oxygen atoms in total. The lowest BCUT2D eigenvalue weighted by Crippen LogP contribution is -2.35. The van der Waals surface area contributed by atoms with Crippen LogP contribution in [-0.2, 0) is 4.74 Å². The molecule has 1 aliphatic heterocycles. The van der Waals surface area contributed by atoms with Crippen molar-refractivity contribution in [3.8, 4) is 11.8 Å². The van der Waals surface area contributed by atoms with Crippen LogP contribution in [0.5, 0.6) is 5.75 Å². The van der Waals surface area contributed by atoms with Gasteiger partial charge in [-0.2, -0.15) is 5.26 Å². The molecule has 18 heavy (non-hydrogen) atoms. The van der Waals surface area contributed by atoms with Crippen molar-refractivity contribution >= 4 is 0 Å². The molecule has 0 N–H and O–H groups in total. The van der Waals surface area contributed by atoms with E-state index in [2.05, 4.69) is 19.9 Å². The van der Waals surface area contributed by atoms with E-state index in [1.165, 1.54) is 0 Å². The van der Waals surface area contributed by atoms with Crippen molar-refractivity contribution in [1.82, 2.24) is 0 Å². The van der Waals surface area contributed by atoms with E-state index in [0.717, 1.165) is 24.2 Å². The minimum absolute atomic E-state index is 0.205. The molecule has 1 aromatic carbocycles. The highest BCUT2D eigenvalue weighted by atomic mass is 16.5. The average molecular weight is 245 g/mol. The lowest BCUT2D eigenvalue weighted by Gasteiger charge is -2.32. The molecule has 0 bridgehead atoms. The van der Waals surface area contributed by atoms with Gasteiger partial charge in [0.15, 0.2) is 0 Å². The molecule has 0 saturated carbocycles. The topological polar surface area (TPSA) is 42.2 Å². The smallest absolute Gasteiger partial charge is 0.120 e. The third-order valence-electron chi connectivity index (χ3n) is 3.28. The minimum Gasteiger partial charge on any atom is -0.490 e. The van der Waals surface area contributed by atoms with Crippen LogP contribution in [0.15, 0.2) is 18.2 Å². The van der Waals surface area contributed by atoms with Gasteiger partial charge in [-0.1, -0.05) is 0 Å². The van der Waals surface area contributed by atoms with Gasteiger partial charge in [0.2, 0.25) is 0 Å². The van der Waals surface area contributed by atoms with Gasteiger partial charge in [-0.05, 0) is 44.5 Å². The predicted octanol–water partition coefficient (Wildman–Crippen LogP) is 3.20. The molecule has 3 heteroatoms. The molecule has 0 radical (unpaired) electrons. The van der Waals surface area contributed by atoms with Crippen LogP contribution in [0, 0.1) is 18.3 Å². The second-order valence-electron chi connectivity index (χ2n) is 5.06. The summed E-state index contributed by atoms with van der Waals surface area (Å²) >= 11 is 0. The Hall–Kier alpha value is -1.53. The van der Waals surface area contributed by atoms with Crippen LogP contribution < -0.4 is 4.74 Å². The van der Waals surface area contributed by atoms with Crippen molar-refractivity contribution in [2.45, 2.75) is 51.9 Å². The lowest BCUT2D eigenvalue weighted by molar-refractivity contribution is -0.0721. The summed E-state index contributed by atoms with van der Waals surface area (Å²) in [6.07, 6.45) is 2.54. The predicted molar refractivity (Wildman–Crippen MR) is 69.6 cm³/mol. The molecule has 1 saturated heterocycles. The number of hydrogen-bond donors (Lipinski definition) is 0. The fraction of sp³-hybridized carbons (Fsp3) is 0.533. The molecule has 2 rings (SSSR count). The SMILES string of the molecule is Cc1cc(OC2CC(C)OC(C)C2)ccc1C#N. The van der Waals surface area contributed by atoms with Crippen molar-refractivity contribution in [2.24, 2.45) is 0 Å². The van der Waals surface area contributed by atoms with E-state index in [1.807, 2.05) is 25.1 Å². The van der Waals surface area contributed by atoms with Crippen LogP contribution in [0.1, 0.15) is 37.8 Å². The van der Waals surface area contributed by atoms with E-state index in [1.54, 1.807) is 0 Å². The number of benzene rings is 1. The molecular formula is C15H19NO2. The Morgan fingerprint density at radius 2 is 1.94 bits per heavy atom. The normalized spacial score (nSPS) is 27.6. The summed E-state index contributed by atoms with van der Waals surface area (Å²) < 4.78 is 11.7. The molecule has 2 unspecified atom stereocenters. The van der Waals surface area contributed by atoms with E-state index in [9.17, 15) is 0 Å². The number of hydrogen-bond acceptors (Lipinski definition) is 3. The van der Waals surface area contributed by atoms with Crippen LogP contribution in [0.2, 0.25) is 0 Å². The molecule has 0 aliphatic carbocycles. The molecule has 1 fully saturated rings. The molecule has 0 spiro atoms. The third-order valence-corrected chi connectivity index (χ3v) is 3.28. The van der Waals surface area contributed by atoms with Crippen molar-refractivity contribution < 1.29 is 9.47 Å². The van der Waals surface area contributed by atoms with E-state index in [0.29, 0.717) is 5.56 Å². The van der Waals surface area contributed by atoms with Gasteiger partial charge in [0.25, 0.3) is 0 Å². The Morgan fingerprint density at radius 1 is 1.28 bits per heavy atom. The number of aryl methyl sites for hydroxylation is 1. The molecule has 0 amide bonds. The molecule has 1 aromatic rings. The second kappa shape index (κ2) is 5.41. The quantitative estimate of drug-likeness (QED) is 0.803. The van der Waals surface area contributed by atoms with Gasteiger partial charge >= 0.3 is 0 Å². The van der Waals surface area contributed by atoms with Gasteiger partial charge in [0.1, 0.15) is 11.9 Å². The summed E-state index contributed by atoms with van der Waals surface area (Å²) in [6.45, 7) is 6.09. The highest BCUT2D eigenvalue weighted by Gasteiger charge is 2.25. The van der Waals surface area contributed by atoms with Gasteiger partial charge in [-0.3, -0.25) is 0 Å². The highest BCUT2D eigenvalue weighted by Crippen LogP contribution is 2.25. The monoisotopic (exact) mass is 245 g/mol. The van der Waals surface area contributed by atoms with Crippen LogP contribution >= 0.6 is 0 Å². The molecular weight excluding hydrogens is 226 g/mol. The maximum Gasteiger partial charge on any atom is 0.120 e. The zero-order valence-corrected chi connectivity index (χ0v) is 11.1. The highest BCUT2D eigenvalue weighted by molar-refractivity contribution is 5.41. The van der Waals surface area contributed by atoms with Crippen molar-refractivity contribution in [2.75, 3.05) is 0 Å². The Labute approximate surface area is 108 Å². The molecule has 1 heterocycles. The average Bonchev–Trinajstić information content (AvgIpc) is 2.27. The molecule has 1 aliphatic rings. The zero-order chi connectivity index (χ0) is 13.1.